The average Bonchev–Trinajstić information content (AvgIpc) is 3.31. The van der Waals surface area contributed by atoms with Crippen molar-refractivity contribution in [1.29, 1.82) is 0 Å². The molecule has 188 valence electrons. The van der Waals surface area contributed by atoms with Gasteiger partial charge in [0.2, 0.25) is 0 Å². The third-order valence-corrected chi connectivity index (χ3v) is 5.79. The molecule has 0 aromatic rings. The van der Waals surface area contributed by atoms with E-state index < -0.39 is 28.9 Å². The number of epoxide rings is 1. The number of ether oxygens (including phenoxy) is 3. The number of amides is 2. The van der Waals surface area contributed by atoms with E-state index in [9.17, 15) is 14.7 Å². The second kappa shape index (κ2) is 9.56. The van der Waals surface area contributed by atoms with Gasteiger partial charge in [-0.25, -0.2) is 9.59 Å². The van der Waals surface area contributed by atoms with E-state index in [-0.39, 0.29) is 24.3 Å². The molecule has 3 heterocycles. The van der Waals surface area contributed by atoms with E-state index in [1.165, 1.54) is 4.90 Å². The zero-order chi connectivity index (χ0) is 25.2. The largest absolute Gasteiger partial charge is 0.444 e. The number of hydrogen-bond donors (Lipinski definition) is 1. The van der Waals surface area contributed by atoms with Crippen molar-refractivity contribution < 1.29 is 28.9 Å². The van der Waals surface area contributed by atoms with E-state index in [0.29, 0.717) is 19.5 Å². The molecule has 33 heavy (non-hydrogen) atoms. The van der Waals surface area contributed by atoms with Gasteiger partial charge in [0.15, 0.2) is 0 Å². The monoisotopic (exact) mass is 469 g/mol. The van der Waals surface area contributed by atoms with E-state index in [0.717, 1.165) is 13.0 Å². The summed E-state index contributed by atoms with van der Waals surface area (Å²) >= 11 is 0. The quantitative estimate of drug-likeness (QED) is 0.268. The molecule has 0 saturated carbocycles. The summed E-state index contributed by atoms with van der Waals surface area (Å²) in [6.45, 7) is 16.7. The molecule has 3 rings (SSSR count). The predicted molar refractivity (Wildman–Crippen MR) is 122 cm³/mol. The summed E-state index contributed by atoms with van der Waals surface area (Å²) in [4.78, 5) is 29.5. The molecule has 0 aliphatic carbocycles. The van der Waals surface area contributed by atoms with Crippen LogP contribution in [0.1, 0.15) is 68.2 Å². The second-order valence-corrected chi connectivity index (χ2v) is 11.3. The number of rotatable bonds is 1. The number of nitrogens with zero attached hydrogens (tertiary/aromatic N) is 5. The maximum Gasteiger partial charge on any atom is 0.410 e. The highest BCUT2D eigenvalue weighted by Gasteiger charge is 2.56. The van der Waals surface area contributed by atoms with Crippen molar-refractivity contribution in [1.82, 2.24) is 9.80 Å². The first-order valence-electron chi connectivity index (χ1n) is 11.4. The Balaban J connectivity index is 0.000000237. The van der Waals surface area contributed by atoms with Crippen LogP contribution in [0.5, 0.6) is 0 Å². The van der Waals surface area contributed by atoms with Gasteiger partial charge in [0, 0.05) is 24.5 Å². The molecule has 3 saturated heterocycles. The molecule has 11 nitrogen and oxygen atoms in total. The zero-order valence-electron chi connectivity index (χ0n) is 21.1. The van der Waals surface area contributed by atoms with E-state index in [1.807, 2.05) is 20.8 Å². The molecule has 0 bridgehead atoms. The lowest BCUT2D eigenvalue weighted by Gasteiger charge is -2.40. The Bertz CT molecular complexity index is 783. The lowest BCUT2D eigenvalue weighted by atomic mass is 9.89. The van der Waals surface area contributed by atoms with Crippen LogP contribution in [0, 0.1) is 0 Å². The smallest absolute Gasteiger partial charge is 0.410 e. The molecule has 3 aliphatic heterocycles. The number of hydrogen-bond acceptors (Lipinski definition) is 7. The van der Waals surface area contributed by atoms with Crippen LogP contribution < -0.4 is 0 Å². The van der Waals surface area contributed by atoms with Gasteiger partial charge >= 0.3 is 12.2 Å². The average molecular weight is 470 g/mol. The summed E-state index contributed by atoms with van der Waals surface area (Å²) in [5.41, 5.74) is 6.46. The van der Waals surface area contributed by atoms with Crippen LogP contribution in [0.3, 0.4) is 0 Å². The normalized spacial score (nSPS) is 31.3. The van der Waals surface area contributed by atoms with Crippen molar-refractivity contribution in [3.8, 4) is 0 Å². The number of carbonyl (C=O) groups is 2. The molecule has 3 fully saturated rings. The molecule has 11 heteroatoms. The number of fused-ring (bicyclic) bond motifs is 1. The third-order valence-electron chi connectivity index (χ3n) is 5.79. The lowest BCUT2D eigenvalue weighted by Crippen LogP contribution is -2.55. The molecular formula is C22H39N5O6. The Hall–Kier alpha value is -2.23. The standard InChI is InChI=1S/C11H20N4O3.C11H19NO3/c1-10(2,3)18-9(16)15-6-5-11(4,17)8(7-15)13-14-12;1-10(2,3)15-9(13)12-6-5-11(4)8(7-12)14-11/h8,17H,5-7H2,1-4H3;8H,5-7H2,1-4H3. The molecule has 2 amide bonds. The van der Waals surface area contributed by atoms with E-state index in [4.69, 9.17) is 19.7 Å². The van der Waals surface area contributed by atoms with Crippen LogP contribution in [-0.2, 0) is 14.2 Å². The van der Waals surface area contributed by atoms with Gasteiger partial charge in [-0.15, -0.1) is 0 Å². The van der Waals surface area contributed by atoms with Crippen LogP contribution in [-0.4, -0.2) is 87.8 Å². The van der Waals surface area contributed by atoms with Gasteiger partial charge in [-0.1, -0.05) is 5.11 Å². The lowest BCUT2D eigenvalue weighted by molar-refractivity contribution is -0.0342. The van der Waals surface area contributed by atoms with Crippen molar-refractivity contribution in [3.05, 3.63) is 10.4 Å². The van der Waals surface area contributed by atoms with Crippen molar-refractivity contribution in [3.63, 3.8) is 0 Å². The molecule has 0 spiro atoms. The van der Waals surface area contributed by atoms with Gasteiger partial charge in [-0.2, -0.15) is 0 Å². The van der Waals surface area contributed by atoms with Gasteiger partial charge in [0.25, 0.3) is 0 Å². The van der Waals surface area contributed by atoms with Crippen LogP contribution >= 0.6 is 0 Å². The summed E-state index contributed by atoms with van der Waals surface area (Å²) in [5, 5.41) is 13.6. The summed E-state index contributed by atoms with van der Waals surface area (Å²) < 4.78 is 16.1. The predicted octanol–water partition coefficient (Wildman–Crippen LogP) is 3.84. The number of azide groups is 1. The fourth-order valence-electron chi connectivity index (χ4n) is 3.62. The molecule has 0 radical (unpaired) electrons. The Morgan fingerprint density at radius 2 is 1.48 bits per heavy atom. The molecular weight excluding hydrogens is 430 g/mol. The Kier molecular flexibility index (Phi) is 7.83. The molecule has 4 atom stereocenters. The minimum absolute atomic E-state index is 0.0402. The molecule has 0 aromatic heterocycles. The number of piperidine rings is 2. The van der Waals surface area contributed by atoms with Crippen molar-refractivity contribution in [2.45, 2.75) is 103 Å². The van der Waals surface area contributed by atoms with Gasteiger partial charge in [0.1, 0.15) is 17.3 Å². The highest BCUT2D eigenvalue weighted by molar-refractivity contribution is 5.69. The first kappa shape index (κ1) is 27.0. The van der Waals surface area contributed by atoms with Gasteiger partial charge in [-0.3, -0.25) is 0 Å². The first-order valence-corrected chi connectivity index (χ1v) is 11.4. The molecule has 4 unspecified atom stereocenters. The van der Waals surface area contributed by atoms with Crippen LogP contribution in [0.25, 0.3) is 10.4 Å². The summed E-state index contributed by atoms with van der Waals surface area (Å²) in [6.07, 6.45) is 0.822. The van der Waals surface area contributed by atoms with Crippen LogP contribution in [0.15, 0.2) is 5.11 Å². The highest BCUT2D eigenvalue weighted by Crippen LogP contribution is 2.43. The third kappa shape index (κ3) is 7.94. The van der Waals surface area contributed by atoms with Crippen molar-refractivity contribution in [2.75, 3.05) is 26.2 Å². The van der Waals surface area contributed by atoms with Crippen molar-refractivity contribution >= 4 is 12.2 Å². The Morgan fingerprint density at radius 1 is 1.00 bits per heavy atom. The maximum atomic E-state index is 11.9. The van der Waals surface area contributed by atoms with E-state index in [2.05, 4.69) is 16.9 Å². The number of likely N-dealkylation sites (tertiary alicyclic amines) is 2. The molecule has 3 aliphatic rings. The minimum atomic E-state index is -1.08. The Morgan fingerprint density at radius 3 is 1.94 bits per heavy atom. The van der Waals surface area contributed by atoms with Crippen LogP contribution in [0.2, 0.25) is 0 Å². The maximum absolute atomic E-state index is 11.9. The number of aliphatic hydroxyl groups is 1. The molecule has 0 aromatic carbocycles. The van der Waals surface area contributed by atoms with E-state index in [1.54, 1.807) is 32.6 Å². The van der Waals surface area contributed by atoms with Crippen molar-refractivity contribution in [2.24, 2.45) is 5.11 Å². The summed E-state index contributed by atoms with van der Waals surface area (Å²) in [5.74, 6) is 0. The highest BCUT2D eigenvalue weighted by atomic mass is 16.6. The summed E-state index contributed by atoms with van der Waals surface area (Å²) in [7, 11) is 0. The van der Waals surface area contributed by atoms with Gasteiger partial charge in [-0.05, 0) is 73.8 Å². The molecule has 1 N–H and O–H groups in total. The van der Waals surface area contributed by atoms with Gasteiger partial charge in [0.05, 0.1) is 23.8 Å². The topological polar surface area (TPSA) is 141 Å². The second-order valence-electron chi connectivity index (χ2n) is 11.3. The SMILES string of the molecule is CC(C)(C)OC(=O)N1CCC(C)(O)C(N=[N+]=[N-])C1.CC(C)(C)OC(=O)N1CCC2(C)OC2C1. The minimum Gasteiger partial charge on any atom is -0.444 e. The van der Waals surface area contributed by atoms with E-state index >= 15 is 0 Å². The first-order chi connectivity index (χ1) is 15.0. The summed E-state index contributed by atoms with van der Waals surface area (Å²) in [6, 6.07) is -0.649. The fraction of sp³-hybridized carbons (Fsp3) is 0.909. The fourth-order valence-corrected chi connectivity index (χ4v) is 3.62. The number of carbonyl (C=O) groups excluding carboxylic acids is 2. The zero-order valence-corrected chi connectivity index (χ0v) is 21.1. The Labute approximate surface area is 196 Å². The van der Waals surface area contributed by atoms with Crippen LogP contribution in [0.4, 0.5) is 9.59 Å². The van der Waals surface area contributed by atoms with Gasteiger partial charge < -0.3 is 29.1 Å².